The Morgan fingerprint density at radius 1 is 1.24 bits per heavy atom. The van der Waals surface area contributed by atoms with E-state index in [2.05, 4.69) is 21.2 Å². The van der Waals surface area contributed by atoms with Crippen LogP contribution in [0.1, 0.15) is 30.2 Å². The number of carbonyl (C=O) groups is 1. The Labute approximate surface area is 132 Å². The largest absolute Gasteiger partial charge is 0.486 e. The zero-order chi connectivity index (χ0) is 15.2. The second kappa shape index (κ2) is 7.31. The lowest BCUT2D eigenvalue weighted by Gasteiger charge is -2.06. The van der Waals surface area contributed by atoms with Crippen molar-refractivity contribution in [2.75, 3.05) is 6.54 Å². The Morgan fingerprint density at radius 3 is 2.62 bits per heavy atom. The second-order valence-corrected chi connectivity index (χ2v) is 6.03. The highest BCUT2D eigenvalue weighted by molar-refractivity contribution is 9.10. The van der Waals surface area contributed by atoms with Crippen molar-refractivity contribution in [3.63, 3.8) is 0 Å². The lowest BCUT2D eigenvalue weighted by molar-refractivity contribution is 0.0917. The maximum absolute atomic E-state index is 11.8. The minimum Gasteiger partial charge on any atom is -0.486 e. The first-order chi connectivity index (χ1) is 10.0. The molecule has 5 heteroatoms. The van der Waals surface area contributed by atoms with Gasteiger partial charge in [0.05, 0.1) is 0 Å². The van der Waals surface area contributed by atoms with Gasteiger partial charge in [0, 0.05) is 11.0 Å². The smallest absolute Gasteiger partial charge is 0.287 e. The molecular formula is C16H18BrNO3. The molecule has 112 valence electrons. The summed E-state index contributed by atoms with van der Waals surface area (Å²) in [4.78, 5) is 11.8. The van der Waals surface area contributed by atoms with Gasteiger partial charge >= 0.3 is 0 Å². The predicted octanol–water partition coefficient (Wildman–Crippen LogP) is 4.01. The van der Waals surface area contributed by atoms with Gasteiger partial charge in [0.1, 0.15) is 18.1 Å². The molecule has 0 aliphatic heterocycles. The van der Waals surface area contributed by atoms with Crippen molar-refractivity contribution in [3.8, 4) is 5.75 Å². The van der Waals surface area contributed by atoms with Crippen LogP contribution in [-0.4, -0.2) is 12.5 Å². The number of ether oxygens (including phenoxy) is 1. The summed E-state index contributed by atoms with van der Waals surface area (Å²) in [6.07, 6.45) is 0. The fraction of sp³-hybridized carbons (Fsp3) is 0.312. The van der Waals surface area contributed by atoms with Gasteiger partial charge in [0.25, 0.3) is 5.91 Å². The van der Waals surface area contributed by atoms with E-state index in [1.165, 1.54) is 0 Å². The summed E-state index contributed by atoms with van der Waals surface area (Å²) < 4.78 is 12.1. The Kier molecular flexibility index (Phi) is 5.44. The summed E-state index contributed by atoms with van der Waals surface area (Å²) in [5.74, 6) is 1.89. The van der Waals surface area contributed by atoms with Crippen LogP contribution in [0.5, 0.6) is 5.75 Å². The van der Waals surface area contributed by atoms with Crippen LogP contribution in [0.15, 0.2) is 45.3 Å². The van der Waals surface area contributed by atoms with E-state index >= 15 is 0 Å². The number of rotatable bonds is 6. The molecule has 0 aliphatic rings. The van der Waals surface area contributed by atoms with Crippen LogP contribution >= 0.6 is 15.9 Å². The monoisotopic (exact) mass is 351 g/mol. The van der Waals surface area contributed by atoms with Gasteiger partial charge in [0.2, 0.25) is 0 Å². The Bertz CT molecular complexity index is 590. The summed E-state index contributed by atoms with van der Waals surface area (Å²) in [5.41, 5.74) is 0. The van der Waals surface area contributed by atoms with Gasteiger partial charge in [-0.1, -0.05) is 29.8 Å². The van der Waals surface area contributed by atoms with E-state index < -0.39 is 0 Å². The van der Waals surface area contributed by atoms with Crippen molar-refractivity contribution in [1.82, 2.24) is 5.32 Å². The standard InChI is InChI=1S/C16H18BrNO3/c1-11(2)9-18-16(19)15-8-7-14(21-15)10-20-13-5-3-12(17)4-6-13/h3-8,11H,9-10H2,1-2H3,(H,18,19). The molecule has 0 atom stereocenters. The maximum Gasteiger partial charge on any atom is 0.287 e. The molecule has 0 fully saturated rings. The van der Waals surface area contributed by atoms with Gasteiger partial charge in [-0.05, 0) is 42.3 Å². The molecule has 0 spiro atoms. The summed E-state index contributed by atoms with van der Waals surface area (Å²) in [7, 11) is 0. The maximum atomic E-state index is 11.8. The summed E-state index contributed by atoms with van der Waals surface area (Å²) in [6.45, 7) is 5.00. The molecule has 1 aromatic heterocycles. The van der Waals surface area contributed by atoms with Crippen LogP contribution in [0.3, 0.4) is 0 Å². The number of carbonyl (C=O) groups excluding carboxylic acids is 1. The number of nitrogens with one attached hydrogen (secondary N) is 1. The van der Waals surface area contributed by atoms with Crippen LogP contribution in [0, 0.1) is 5.92 Å². The minimum absolute atomic E-state index is 0.196. The van der Waals surface area contributed by atoms with Crippen molar-refractivity contribution in [2.24, 2.45) is 5.92 Å². The van der Waals surface area contributed by atoms with Crippen LogP contribution < -0.4 is 10.1 Å². The third-order valence-electron chi connectivity index (χ3n) is 2.75. The molecule has 0 saturated carbocycles. The van der Waals surface area contributed by atoms with Gasteiger partial charge in [-0.25, -0.2) is 0 Å². The first-order valence-electron chi connectivity index (χ1n) is 6.80. The van der Waals surface area contributed by atoms with Gasteiger partial charge in [-0.2, -0.15) is 0 Å². The number of furan rings is 1. The molecule has 4 nitrogen and oxygen atoms in total. The van der Waals surface area contributed by atoms with Gasteiger partial charge in [-0.3, -0.25) is 4.79 Å². The molecule has 0 bridgehead atoms. The topological polar surface area (TPSA) is 51.5 Å². The Hall–Kier alpha value is -1.75. The fourth-order valence-corrected chi connectivity index (χ4v) is 1.91. The zero-order valence-electron chi connectivity index (χ0n) is 12.1. The second-order valence-electron chi connectivity index (χ2n) is 5.11. The number of benzene rings is 1. The quantitative estimate of drug-likeness (QED) is 0.855. The first-order valence-corrected chi connectivity index (χ1v) is 7.59. The highest BCUT2D eigenvalue weighted by atomic mass is 79.9. The molecule has 0 unspecified atom stereocenters. The Morgan fingerprint density at radius 2 is 1.95 bits per heavy atom. The third kappa shape index (κ3) is 4.93. The lowest BCUT2D eigenvalue weighted by Crippen LogP contribution is -2.26. The average molecular weight is 352 g/mol. The highest BCUT2D eigenvalue weighted by Crippen LogP contribution is 2.18. The molecule has 1 N–H and O–H groups in total. The van der Waals surface area contributed by atoms with Gasteiger partial charge in [0.15, 0.2) is 5.76 Å². The SMILES string of the molecule is CC(C)CNC(=O)c1ccc(COc2ccc(Br)cc2)o1. The normalized spacial score (nSPS) is 10.7. The first kappa shape index (κ1) is 15.6. The van der Waals surface area contributed by atoms with E-state index in [0.717, 1.165) is 10.2 Å². The molecule has 0 saturated heterocycles. The van der Waals surface area contributed by atoms with E-state index in [1.54, 1.807) is 12.1 Å². The van der Waals surface area contributed by atoms with Crippen molar-refractivity contribution in [1.29, 1.82) is 0 Å². The van der Waals surface area contributed by atoms with Crippen molar-refractivity contribution < 1.29 is 13.9 Å². The van der Waals surface area contributed by atoms with Crippen LogP contribution in [0.25, 0.3) is 0 Å². The Balaban J connectivity index is 1.88. The lowest BCUT2D eigenvalue weighted by atomic mass is 10.2. The van der Waals surface area contributed by atoms with Crippen molar-refractivity contribution in [2.45, 2.75) is 20.5 Å². The zero-order valence-corrected chi connectivity index (χ0v) is 13.6. The van der Waals surface area contributed by atoms with Gasteiger partial charge in [-0.15, -0.1) is 0 Å². The summed E-state index contributed by atoms with van der Waals surface area (Å²) in [6, 6.07) is 11.0. The van der Waals surface area contributed by atoms with Crippen molar-refractivity contribution >= 4 is 21.8 Å². The predicted molar refractivity (Wildman–Crippen MR) is 84.4 cm³/mol. The number of amides is 1. The summed E-state index contributed by atoms with van der Waals surface area (Å²) >= 11 is 3.37. The molecule has 2 rings (SSSR count). The highest BCUT2D eigenvalue weighted by Gasteiger charge is 2.11. The van der Waals surface area contributed by atoms with Crippen LogP contribution in [0.2, 0.25) is 0 Å². The molecule has 1 heterocycles. The number of hydrogen-bond acceptors (Lipinski definition) is 3. The third-order valence-corrected chi connectivity index (χ3v) is 3.28. The van der Waals surface area contributed by atoms with Crippen LogP contribution in [0.4, 0.5) is 0 Å². The van der Waals surface area contributed by atoms with E-state index in [-0.39, 0.29) is 5.91 Å². The molecular weight excluding hydrogens is 334 g/mol. The van der Waals surface area contributed by atoms with E-state index in [4.69, 9.17) is 9.15 Å². The number of halogens is 1. The molecule has 1 aromatic carbocycles. The van der Waals surface area contributed by atoms with Crippen LogP contribution in [-0.2, 0) is 6.61 Å². The van der Waals surface area contributed by atoms with E-state index in [1.807, 2.05) is 38.1 Å². The number of hydrogen-bond donors (Lipinski definition) is 1. The molecule has 1 amide bonds. The molecule has 0 aliphatic carbocycles. The van der Waals surface area contributed by atoms with Gasteiger partial charge < -0.3 is 14.5 Å². The fourth-order valence-electron chi connectivity index (χ4n) is 1.65. The molecule has 2 aromatic rings. The average Bonchev–Trinajstić information content (AvgIpc) is 2.93. The summed E-state index contributed by atoms with van der Waals surface area (Å²) in [5, 5.41) is 2.81. The van der Waals surface area contributed by atoms with E-state index in [9.17, 15) is 4.79 Å². The van der Waals surface area contributed by atoms with E-state index in [0.29, 0.717) is 30.6 Å². The van der Waals surface area contributed by atoms with Crippen molar-refractivity contribution in [3.05, 3.63) is 52.4 Å². The molecule has 21 heavy (non-hydrogen) atoms. The minimum atomic E-state index is -0.196. The molecule has 0 radical (unpaired) electrons.